The molecule has 1 saturated carbocycles. The van der Waals surface area contributed by atoms with E-state index in [-0.39, 0.29) is 11.8 Å². The summed E-state index contributed by atoms with van der Waals surface area (Å²) in [6.45, 7) is 6.47. The summed E-state index contributed by atoms with van der Waals surface area (Å²) in [5, 5.41) is 3.08. The van der Waals surface area contributed by atoms with E-state index in [4.69, 9.17) is 11.6 Å². The molecular formula is C12H22ClNO. The van der Waals surface area contributed by atoms with Crippen LogP contribution in [0, 0.1) is 11.3 Å². The number of amides is 1. The molecule has 1 amide bonds. The molecule has 0 radical (unpaired) electrons. The summed E-state index contributed by atoms with van der Waals surface area (Å²) in [6, 6.07) is 0.371. The maximum atomic E-state index is 11.6. The van der Waals surface area contributed by atoms with Crippen molar-refractivity contribution in [3.05, 3.63) is 0 Å². The van der Waals surface area contributed by atoms with E-state index in [0.717, 1.165) is 12.8 Å². The summed E-state index contributed by atoms with van der Waals surface area (Å²) >= 11 is 5.65. The highest BCUT2D eigenvalue weighted by atomic mass is 35.5. The maximum absolute atomic E-state index is 11.6. The summed E-state index contributed by atoms with van der Waals surface area (Å²) in [7, 11) is 0. The molecule has 0 saturated heterocycles. The number of rotatable bonds is 3. The SMILES string of the molecule is CC(CCl)C(=O)NC1CCC(C)(C)CC1. The van der Waals surface area contributed by atoms with Crippen molar-refractivity contribution in [3.8, 4) is 0 Å². The molecule has 0 heterocycles. The molecule has 0 aromatic rings. The van der Waals surface area contributed by atoms with Crippen molar-refractivity contribution in [2.75, 3.05) is 5.88 Å². The molecule has 2 nitrogen and oxygen atoms in total. The third kappa shape index (κ3) is 4.02. The van der Waals surface area contributed by atoms with Crippen molar-refractivity contribution in [1.29, 1.82) is 0 Å². The fourth-order valence-electron chi connectivity index (χ4n) is 1.96. The number of halogens is 1. The van der Waals surface area contributed by atoms with Crippen LogP contribution in [0.3, 0.4) is 0 Å². The quantitative estimate of drug-likeness (QED) is 0.744. The van der Waals surface area contributed by atoms with Crippen LogP contribution in [0.1, 0.15) is 46.5 Å². The normalized spacial score (nSPS) is 23.5. The van der Waals surface area contributed by atoms with Gasteiger partial charge in [-0.05, 0) is 31.1 Å². The molecule has 0 aromatic carbocycles. The second kappa shape index (κ2) is 5.20. The standard InChI is InChI=1S/C12H22ClNO/c1-9(8-13)11(15)14-10-4-6-12(2,3)7-5-10/h9-10H,4-8H2,1-3H3,(H,14,15). The monoisotopic (exact) mass is 231 g/mol. The van der Waals surface area contributed by atoms with Crippen LogP contribution in [0.15, 0.2) is 0 Å². The van der Waals surface area contributed by atoms with E-state index in [2.05, 4.69) is 19.2 Å². The topological polar surface area (TPSA) is 29.1 Å². The van der Waals surface area contributed by atoms with Gasteiger partial charge < -0.3 is 5.32 Å². The second-order valence-electron chi connectivity index (χ2n) is 5.50. The Kier molecular flexibility index (Phi) is 4.45. The maximum Gasteiger partial charge on any atom is 0.224 e. The first kappa shape index (κ1) is 12.8. The van der Waals surface area contributed by atoms with E-state index in [1.807, 2.05) is 6.92 Å². The number of alkyl halides is 1. The summed E-state index contributed by atoms with van der Waals surface area (Å²) in [6.07, 6.45) is 4.61. The Morgan fingerprint density at radius 3 is 2.47 bits per heavy atom. The highest BCUT2D eigenvalue weighted by Crippen LogP contribution is 2.35. The van der Waals surface area contributed by atoms with Crippen molar-refractivity contribution >= 4 is 17.5 Å². The smallest absolute Gasteiger partial charge is 0.224 e. The minimum Gasteiger partial charge on any atom is -0.353 e. The first-order chi connectivity index (χ1) is 6.94. The number of hydrogen-bond donors (Lipinski definition) is 1. The van der Waals surface area contributed by atoms with Gasteiger partial charge in [-0.3, -0.25) is 4.79 Å². The molecule has 3 heteroatoms. The number of carbonyl (C=O) groups excluding carboxylic acids is 1. The Bertz CT molecular complexity index is 218. The highest BCUT2D eigenvalue weighted by Gasteiger charge is 2.28. The molecule has 1 N–H and O–H groups in total. The number of hydrogen-bond acceptors (Lipinski definition) is 1. The molecule has 0 spiro atoms. The Balaban J connectivity index is 2.33. The minimum absolute atomic E-state index is 0.0680. The summed E-state index contributed by atoms with van der Waals surface area (Å²) < 4.78 is 0. The second-order valence-corrected chi connectivity index (χ2v) is 5.81. The Morgan fingerprint density at radius 2 is 2.00 bits per heavy atom. The van der Waals surface area contributed by atoms with Crippen molar-refractivity contribution in [3.63, 3.8) is 0 Å². The molecule has 1 aliphatic rings. The molecule has 1 atom stereocenters. The van der Waals surface area contributed by atoms with E-state index < -0.39 is 0 Å². The van der Waals surface area contributed by atoms with Gasteiger partial charge in [-0.2, -0.15) is 0 Å². The van der Waals surface area contributed by atoms with Gasteiger partial charge in [0.25, 0.3) is 0 Å². The first-order valence-electron chi connectivity index (χ1n) is 5.81. The molecular weight excluding hydrogens is 210 g/mol. The zero-order valence-electron chi connectivity index (χ0n) is 9.98. The van der Waals surface area contributed by atoms with Crippen molar-refractivity contribution in [2.24, 2.45) is 11.3 Å². The van der Waals surface area contributed by atoms with Crippen molar-refractivity contribution in [2.45, 2.75) is 52.5 Å². The molecule has 1 unspecified atom stereocenters. The van der Waals surface area contributed by atoms with Crippen LogP contribution in [0.4, 0.5) is 0 Å². The van der Waals surface area contributed by atoms with Gasteiger partial charge in [-0.25, -0.2) is 0 Å². The van der Waals surface area contributed by atoms with Crippen molar-refractivity contribution < 1.29 is 4.79 Å². The van der Waals surface area contributed by atoms with E-state index in [1.165, 1.54) is 12.8 Å². The summed E-state index contributed by atoms with van der Waals surface area (Å²) in [5.41, 5.74) is 0.458. The molecule has 0 bridgehead atoms. The third-order valence-corrected chi connectivity index (χ3v) is 3.83. The Hall–Kier alpha value is -0.240. The van der Waals surface area contributed by atoms with E-state index in [9.17, 15) is 4.79 Å². The Labute approximate surface area is 97.8 Å². The van der Waals surface area contributed by atoms with E-state index in [1.54, 1.807) is 0 Å². The summed E-state index contributed by atoms with van der Waals surface area (Å²) in [4.78, 5) is 11.6. The van der Waals surface area contributed by atoms with Crippen molar-refractivity contribution in [1.82, 2.24) is 5.32 Å². The third-order valence-electron chi connectivity index (χ3n) is 3.36. The molecule has 1 aliphatic carbocycles. The zero-order chi connectivity index (χ0) is 11.5. The van der Waals surface area contributed by atoms with Crippen LogP contribution in [-0.4, -0.2) is 17.8 Å². The number of nitrogens with one attached hydrogen (secondary N) is 1. The fraction of sp³-hybridized carbons (Fsp3) is 0.917. The lowest BCUT2D eigenvalue weighted by Crippen LogP contribution is -2.41. The summed E-state index contributed by atoms with van der Waals surface area (Å²) in [5.74, 6) is 0.445. The number of carbonyl (C=O) groups is 1. The average molecular weight is 232 g/mol. The first-order valence-corrected chi connectivity index (χ1v) is 6.34. The van der Waals surface area contributed by atoms with E-state index >= 15 is 0 Å². The van der Waals surface area contributed by atoms with Crippen LogP contribution in [0.5, 0.6) is 0 Å². The lowest BCUT2D eigenvalue weighted by Gasteiger charge is -2.34. The largest absolute Gasteiger partial charge is 0.353 e. The van der Waals surface area contributed by atoms with Gasteiger partial charge in [0.1, 0.15) is 0 Å². The van der Waals surface area contributed by atoms with Crippen LogP contribution in [0.25, 0.3) is 0 Å². The fourth-order valence-corrected chi connectivity index (χ4v) is 2.10. The lowest BCUT2D eigenvalue weighted by molar-refractivity contribution is -0.124. The average Bonchev–Trinajstić information content (AvgIpc) is 2.20. The molecule has 15 heavy (non-hydrogen) atoms. The van der Waals surface area contributed by atoms with Crippen LogP contribution in [-0.2, 0) is 4.79 Å². The van der Waals surface area contributed by atoms with Gasteiger partial charge in [-0.1, -0.05) is 20.8 Å². The Morgan fingerprint density at radius 1 is 1.47 bits per heavy atom. The van der Waals surface area contributed by atoms with Gasteiger partial charge >= 0.3 is 0 Å². The van der Waals surface area contributed by atoms with Gasteiger partial charge in [0, 0.05) is 17.8 Å². The predicted octanol–water partition coefficient (Wildman–Crippen LogP) is 2.95. The lowest BCUT2D eigenvalue weighted by atomic mass is 9.75. The van der Waals surface area contributed by atoms with E-state index in [0.29, 0.717) is 17.3 Å². The minimum atomic E-state index is -0.0680. The van der Waals surface area contributed by atoms with Gasteiger partial charge in [-0.15, -0.1) is 11.6 Å². The molecule has 1 fully saturated rings. The van der Waals surface area contributed by atoms with Crippen LogP contribution < -0.4 is 5.32 Å². The molecule has 88 valence electrons. The molecule has 0 aliphatic heterocycles. The van der Waals surface area contributed by atoms with Gasteiger partial charge in [0.2, 0.25) is 5.91 Å². The highest BCUT2D eigenvalue weighted by molar-refractivity contribution is 6.19. The van der Waals surface area contributed by atoms with Gasteiger partial charge in [0.15, 0.2) is 0 Å². The zero-order valence-corrected chi connectivity index (χ0v) is 10.7. The van der Waals surface area contributed by atoms with Crippen LogP contribution in [0.2, 0.25) is 0 Å². The van der Waals surface area contributed by atoms with Gasteiger partial charge in [0.05, 0.1) is 0 Å². The molecule has 0 aromatic heterocycles. The van der Waals surface area contributed by atoms with Crippen LogP contribution >= 0.6 is 11.6 Å². The molecule has 1 rings (SSSR count). The predicted molar refractivity (Wildman–Crippen MR) is 64.1 cm³/mol.